The van der Waals surface area contributed by atoms with Crippen molar-refractivity contribution in [1.82, 2.24) is 5.32 Å². The number of halogens is 3. The van der Waals surface area contributed by atoms with Gasteiger partial charge in [-0.05, 0) is 68.2 Å². The van der Waals surface area contributed by atoms with Gasteiger partial charge in [-0.25, -0.2) is 0 Å². The number of unbranched alkanes of at least 4 members (excludes halogenated alkanes) is 2. The van der Waals surface area contributed by atoms with Gasteiger partial charge in [0.2, 0.25) is 0 Å². The molecule has 0 aliphatic rings. The summed E-state index contributed by atoms with van der Waals surface area (Å²) < 4.78 is 51.4. The summed E-state index contributed by atoms with van der Waals surface area (Å²) >= 11 is 1.24. The van der Waals surface area contributed by atoms with Gasteiger partial charge < -0.3 is 15.1 Å². The average molecular weight is 490 g/mol. The van der Waals surface area contributed by atoms with Crippen LogP contribution >= 0.6 is 19.4 Å². The van der Waals surface area contributed by atoms with E-state index < -0.39 is 19.3 Å². The highest BCUT2D eigenvalue weighted by molar-refractivity contribution is 7.99. The van der Waals surface area contributed by atoms with E-state index in [0.29, 0.717) is 17.9 Å². The molecule has 0 aliphatic heterocycles. The van der Waals surface area contributed by atoms with Crippen LogP contribution in [-0.4, -0.2) is 28.2 Å². The van der Waals surface area contributed by atoms with Gasteiger partial charge in [-0.2, -0.15) is 13.2 Å². The summed E-state index contributed by atoms with van der Waals surface area (Å²) in [5.41, 5.74) is 2.38. The van der Waals surface area contributed by atoms with E-state index in [1.807, 2.05) is 0 Å². The zero-order chi connectivity index (χ0) is 23.6. The molecule has 178 valence electrons. The number of benzene rings is 2. The topological polar surface area (TPSA) is 69.6 Å². The van der Waals surface area contributed by atoms with Gasteiger partial charge in [-0.3, -0.25) is 4.57 Å². The molecule has 3 N–H and O–H groups in total. The van der Waals surface area contributed by atoms with Crippen LogP contribution in [0.4, 0.5) is 13.2 Å². The van der Waals surface area contributed by atoms with Crippen molar-refractivity contribution in [2.45, 2.75) is 56.6 Å². The van der Waals surface area contributed by atoms with Crippen molar-refractivity contribution < 1.29 is 27.5 Å². The molecule has 4 nitrogen and oxygen atoms in total. The van der Waals surface area contributed by atoms with Crippen LogP contribution in [0.15, 0.2) is 47.4 Å². The lowest BCUT2D eigenvalue weighted by atomic mass is 10.1. The van der Waals surface area contributed by atoms with Crippen molar-refractivity contribution in [2.24, 2.45) is 0 Å². The summed E-state index contributed by atoms with van der Waals surface area (Å²) in [5, 5.41) is 2.94. The minimum atomic E-state index is -4.43. The van der Waals surface area contributed by atoms with Gasteiger partial charge >= 0.3 is 13.8 Å². The Bertz CT molecular complexity index is 885. The fraction of sp³-hybridized carbons (Fsp3) is 0.478. The first-order chi connectivity index (χ1) is 15.0. The number of thioether (sulfide) groups is 1. The lowest BCUT2D eigenvalue weighted by Gasteiger charge is -2.15. The van der Waals surface area contributed by atoms with E-state index in [-0.39, 0.29) is 24.0 Å². The summed E-state index contributed by atoms with van der Waals surface area (Å²) in [6, 6.07) is 12.8. The average Bonchev–Trinajstić information content (AvgIpc) is 2.70. The lowest BCUT2D eigenvalue weighted by molar-refractivity contribution is -0.139. The number of aryl methyl sites for hydroxylation is 2. The third-order valence-electron chi connectivity index (χ3n) is 4.97. The molecule has 2 rings (SSSR count). The summed E-state index contributed by atoms with van der Waals surface area (Å²) in [4.78, 5) is 17.9. The highest BCUT2D eigenvalue weighted by Gasteiger charge is 2.33. The predicted octanol–water partition coefficient (Wildman–Crippen LogP) is 6.18. The summed E-state index contributed by atoms with van der Waals surface area (Å²) in [6.45, 7) is 2.59. The van der Waals surface area contributed by atoms with E-state index in [1.165, 1.54) is 29.0 Å². The maximum Gasteiger partial charge on any atom is 0.417 e. The first-order valence-electron chi connectivity index (χ1n) is 10.7. The van der Waals surface area contributed by atoms with Gasteiger partial charge in [0, 0.05) is 11.4 Å². The van der Waals surface area contributed by atoms with Crippen molar-refractivity contribution in [3.63, 3.8) is 0 Å². The van der Waals surface area contributed by atoms with E-state index in [4.69, 9.17) is 9.79 Å². The van der Waals surface area contributed by atoms with Crippen LogP contribution in [0.2, 0.25) is 0 Å². The van der Waals surface area contributed by atoms with Crippen LogP contribution in [0.1, 0.15) is 47.9 Å². The van der Waals surface area contributed by atoms with Gasteiger partial charge in [-0.15, -0.1) is 11.8 Å². The van der Waals surface area contributed by atoms with Crippen LogP contribution < -0.4 is 5.32 Å². The molecule has 32 heavy (non-hydrogen) atoms. The van der Waals surface area contributed by atoms with Crippen LogP contribution in [0, 0.1) is 6.92 Å². The molecule has 0 bridgehead atoms. The quantitative estimate of drug-likeness (QED) is 0.178. The number of alkyl halides is 3. The molecule has 0 radical (unpaired) electrons. The summed E-state index contributed by atoms with van der Waals surface area (Å²) in [6.07, 6.45) is -0.584. The predicted molar refractivity (Wildman–Crippen MR) is 124 cm³/mol. The summed E-state index contributed by atoms with van der Waals surface area (Å²) in [5.74, 6) is 0.636. The highest BCUT2D eigenvalue weighted by atomic mass is 32.2. The molecule has 2 aromatic carbocycles. The molecule has 9 heteroatoms. The van der Waals surface area contributed by atoms with E-state index in [0.717, 1.165) is 31.7 Å². The Morgan fingerprint density at radius 3 is 2.31 bits per heavy atom. The number of hydrogen-bond acceptors (Lipinski definition) is 3. The zero-order valence-electron chi connectivity index (χ0n) is 18.2. The Kier molecular flexibility index (Phi) is 10.8. The minimum absolute atomic E-state index is 0.216. The second-order valence-corrected chi connectivity index (χ2v) is 10.8. The number of hydrogen-bond donors (Lipinski definition) is 3. The smallest absolute Gasteiger partial charge is 0.324 e. The van der Waals surface area contributed by atoms with E-state index in [9.17, 15) is 17.7 Å². The minimum Gasteiger partial charge on any atom is -0.324 e. The van der Waals surface area contributed by atoms with Crippen molar-refractivity contribution in [2.75, 3.05) is 18.5 Å². The SMILES string of the molecule is Cc1ccc(CCCCCSc2ccc(CNCCCP(=O)(O)O)cc2C(F)(F)F)cc1. The van der Waals surface area contributed by atoms with Crippen molar-refractivity contribution in [1.29, 1.82) is 0 Å². The largest absolute Gasteiger partial charge is 0.417 e. The third kappa shape index (κ3) is 10.5. The Morgan fingerprint density at radius 1 is 0.969 bits per heavy atom. The Morgan fingerprint density at radius 2 is 1.66 bits per heavy atom. The van der Waals surface area contributed by atoms with Crippen LogP contribution in [0.3, 0.4) is 0 Å². The lowest BCUT2D eigenvalue weighted by Crippen LogP contribution is -2.17. The molecule has 0 atom stereocenters. The molecule has 0 spiro atoms. The molecule has 2 aromatic rings. The monoisotopic (exact) mass is 489 g/mol. The van der Waals surface area contributed by atoms with Crippen molar-refractivity contribution in [3.8, 4) is 0 Å². The Balaban J connectivity index is 1.78. The van der Waals surface area contributed by atoms with Crippen LogP contribution in [0.5, 0.6) is 0 Å². The van der Waals surface area contributed by atoms with Gasteiger partial charge in [0.25, 0.3) is 0 Å². The van der Waals surface area contributed by atoms with E-state index >= 15 is 0 Å². The van der Waals surface area contributed by atoms with Crippen LogP contribution in [-0.2, 0) is 23.7 Å². The Labute approximate surface area is 192 Å². The standard InChI is InChI=1S/C23H31F3NO3PS/c1-18-7-9-19(10-8-18)6-3-2-4-15-32-22-12-11-20(16-21(22)23(24,25)26)17-27-13-5-14-31(28,29)30/h7-12,16,27H,2-6,13-15,17H2,1H3,(H2,28,29,30). The van der Waals surface area contributed by atoms with Gasteiger partial charge in [0.1, 0.15) is 0 Å². The first kappa shape index (κ1) is 26.9. The molecule has 0 aliphatic carbocycles. The first-order valence-corrected chi connectivity index (χ1v) is 13.5. The fourth-order valence-electron chi connectivity index (χ4n) is 3.22. The maximum atomic E-state index is 13.5. The molecule has 0 heterocycles. The molecule has 0 saturated carbocycles. The van der Waals surface area contributed by atoms with Gasteiger partial charge in [0.05, 0.1) is 11.7 Å². The molecule has 0 amide bonds. The van der Waals surface area contributed by atoms with Gasteiger partial charge in [0.15, 0.2) is 0 Å². The molecular formula is C23H31F3NO3PS. The second kappa shape index (κ2) is 12.8. The second-order valence-electron chi connectivity index (χ2n) is 7.89. The van der Waals surface area contributed by atoms with Crippen molar-refractivity contribution in [3.05, 3.63) is 64.7 Å². The maximum absolute atomic E-state index is 13.5. The number of nitrogens with one attached hydrogen (secondary N) is 1. The highest BCUT2D eigenvalue weighted by Crippen LogP contribution is 2.38. The normalized spacial score (nSPS) is 12.3. The Hall–Kier alpha value is -1.31. The van der Waals surface area contributed by atoms with Gasteiger partial charge in [-0.1, -0.05) is 42.3 Å². The fourth-order valence-corrected chi connectivity index (χ4v) is 4.85. The van der Waals surface area contributed by atoms with Crippen molar-refractivity contribution >= 4 is 19.4 Å². The molecule has 0 unspecified atom stereocenters. The molecule has 0 saturated heterocycles. The van der Waals surface area contributed by atoms with E-state index in [1.54, 1.807) is 6.07 Å². The third-order valence-corrected chi connectivity index (χ3v) is 7.03. The molecular weight excluding hydrogens is 458 g/mol. The number of rotatable bonds is 13. The van der Waals surface area contributed by atoms with E-state index in [2.05, 4.69) is 36.5 Å². The molecule has 0 aromatic heterocycles. The van der Waals surface area contributed by atoms with Crippen LogP contribution in [0.25, 0.3) is 0 Å². The summed E-state index contributed by atoms with van der Waals surface area (Å²) in [7, 11) is -4.04. The zero-order valence-corrected chi connectivity index (χ0v) is 19.9. The molecule has 0 fully saturated rings.